The highest BCUT2D eigenvalue weighted by Gasteiger charge is 2.14. The molecule has 1 rings (SSSR count). The number of carbonyl (C=O) groups excluding carboxylic acids is 1. The van der Waals surface area contributed by atoms with Crippen molar-refractivity contribution in [2.75, 3.05) is 7.05 Å². The molecule has 0 aliphatic carbocycles. The van der Waals surface area contributed by atoms with Crippen LogP contribution in [0.4, 0.5) is 0 Å². The number of nitrogens with one attached hydrogen (secondary N) is 2. The van der Waals surface area contributed by atoms with Crippen molar-refractivity contribution in [3.63, 3.8) is 0 Å². The number of hydrazine groups is 1. The summed E-state index contributed by atoms with van der Waals surface area (Å²) in [5.74, 6) is -0.284. The van der Waals surface area contributed by atoms with Crippen molar-refractivity contribution in [3.8, 4) is 0 Å². The van der Waals surface area contributed by atoms with Gasteiger partial charge in [-0.2, -0.15) is 0 Å². The molecule has 0 saturated heterocycles. The van der Waals surface area contributed by atoms with E-state index >= 15 is 0 Å². The number of amides is 1. The molecular weight excluding hydrogens is 249 g/mol. The zero-order valence-electron chi connectivity index (χ0n) is 8.76. The molecule has 0 heterocycles. The van der Waals surface area contributed by atoms with Crippen LogP contribution in [0, 0.1) is 0 Å². The Morgan fingerprint density at radius 3 is 2.75 bits per heavy atom. The third-order valence-corrected chi connectivity index (χ3v) is 2.63. The van der Waals surface area contributed by atoms with Crippen LogP contribution >= 0.6 is 23.2 Å². The van der Waals surface area contributed by atoms with E-state index in [4.69, 9.17) is 28.9 Å². The number of carbonyl (C=O) groups is 1. The summed E-state index contributed by atoms with van der Waals surface area (Å²) < 4.78 is 0. The Labute approximate surface area is 104 Å². The lowest BCUT2D eigenvalue weighted by Gasteiger charge is -2.12. The van der Waals surface area contributed by atoms with Gasteiger partial charge in [-0.3, -0.25) is 10.2 Å². The van der Waals surface area contributed by atoms with Crippen molar-refractivity contribution in [2.45, 2.75) is 12.5 Å². The smallest absolute Gasteiger partial charge is 0.251 e. The largest absolute Gasteiger partial charge is 0.320 e. The number of nitrogens with two attached hydrogens (primary N) is 1. The van der Waals surface area contributed by atoms with E-state index in [9.17, 15) is 4.79 Å². The third kappa shape index (κ3) is 3.64. The van der Waals surface area contributed by atoms with E-state index in [0.29, 0.717) is 16.5 Å². The molecule has 1 unspecified atom stereocenters. The van der Waals surface area contributed by atoms with Gasteiger partial charge in [0.25, 0.3) is 5.91 Å². The van der Waals surface area contributed by atoms with Crippen LogP contribution in [0.2, 0.25) is 10.0 Å². The van der Waals surface area contributed by atoms with Crippen molar-refractivity contribution in [2.24, 2.45) is 5.73 Å². The van der Waals surface area contributed by atoms with Gasteiger partial charge in [0.05, 0.1) is 6.04 Å². The number of halogens is 2. The summed E-state index contributed by atoms with van der Waals surface area (Å²) in [4.78, 5) is 11.4. The fourth-order valence-corrected chi connectivity index (χ4v) is 1.72. The van der Waals surface area contributed by atoms with Crippen LogP contribution in [-0.4, -0.2) is 19.0 Å². The maximum atomic E-state index is 11.4. The van der Waals surface area contributed by atoms with Gasteiger partial charge in [0, 0.05) is 17.1 Å². The number of rotatable bonds is 4. The Balaban J connectivity index is 2.69. The van der Waals surface area contributed by atoms with Crippen LogP contribution in [-0.2, 0) is 11.2 Å². The maximum Gasteiger partial charge on any atom is 0.251 e. The summed E-state index contributed by atoms with van der Waals surface area (Å²) in [6, 6.07) is 4.45. The first-order valence-electron chi connectivity index (χ1n) is 4.70. The molecule has 6 heteroatoms. The molecule has 0 saturated carbocycles. The summed E-state index contributed by atoms with van der Waals surface area (Å²) in [6.45, 7) is 0. The van der Waals surface area contributed by atoms with Crippen LogP contribution in [0.15, 0.2) is 18.2 Å². The molecule has 1 atom stereocenters. The molecule has 1 amide bonds. The summed E-state index contributed by atoms with van der Waals surface area (Å²) in [5.41, 5.74) is 11.4. The molecule has 0 bridgehead atoms. The third-order valence-electron chi connectivity index (χ3n) is 2.04. The summed E-state index contributed by atoms with van der Waals surface area (Å²) in [7, 11) is 1.60. The van der Waals surface area contributed by atoms with E-state index in [1.165, 1.54) is 0 Å². The van der Waals surface area contributed by atoms with Crippen LogP contribution in [0.1, 0.15) is 5.56 Å². The van der Waals surface area contributed by atoms with Gasteiger partial charge in [-0.1, -0.05) is 29.3 Å². The van der Waals surface area contributed by atoms with Crippen molar-refractivity contribution < 1.29 is 4.79 Å². The van der Waals surface area contributed by atoms with Gasteiger partial charge < -0.3 is 5.73 Å². The molecular formula is C10H13Cl2N3O. The lowest BCUT2D eigenvalue weighted by atomic mass is 10.1. The van der Waals surface area contributed by atoms with Crippen LogP contribution < -0.4 is 16.6 Å². The Hall–Kier alpha value is -0.810. The minimum absolute atomic E-state index is 0.284. The molecule has 0 aliphatic heterocycles. The first-order valence-corrected chi connectivity index (χ1v) is 5.46. The Kier molecular flexibility index (Phi) is 5.02. The normalized spacial score (nSPS) is 12.2. The van der Waals surface area contributed by atoms with Crippen molar-refractivity contribution in [1.29, 1.82) is 0 Å². The highest BCUT2D eigenvalue weighted by molar-refractivity contribution is 6.35. The van der Waals surface area contributed by atoms with Gasteiger partial charge in [0.2, 0.25) is 0 Å². The first-order chi connectivity index (χ1) is 7.54. The van der Waals surface area contributed by atoms with Gasteiger partial charge in [-0.25, -0.2) is 5.43 Å². The second kappa shape index (κ2) is 6.06. The summed E-state index contributed by atoms with van der Waals surface area (Å²) in [6.07, 6.45) is 0.365. The van der Waals surface area contributed by atoms with E-state index < -0.39 is 6.04 Å². The van der Waals surface area contributed by atoms with E-state index in [1.807, 2.05) is 0 Å². The van der Waals surface area contributed by atoms with E-state index in [0.717, 1.165) is 5.56 Å². The average Bonchev–Trinajstić information content (AvgIpc) is 2.22. The molecule has 0 spiro atoms. The van der Waals surface area contributed by atoms with Gasteiger partial charge in [-0.15, -0.1) is 0 Å². The Morgan fingerprint density at radius 2 is 2.19 bits per heavy atom. The molecule has 16 heavy (non-hydrogen) atoms. The van der Waals surface area contributed by atoms with Crippen molar-refractivity contribution in [1.82, 2.24) is 10.9 Å². The minimum atomic E-state index is -0.647. The maximum absolute atomic E-state index is 11.4. The molecule has 0 aliphatic rings. The van der Waals surface area contributed by atoms with E-state index in [-0.39, 0.29) is 5.91 Å². The quantitative estimate of drug-likeness (QED) is 0.712. The SMILES string of the molecule is CNNC(=O)C(N)Cc1ccc(Cl)cc1Cl. The van der Waals surface area contributed by atoms with Gasteiger partial charge in [0.1, 0.15) is 0 Å². The number of benzene rings is 1. The number of hydrogen-bond donors (Lipinski definition) is 3. The molecule has 1 aromatic carbocycles. The van der Waals surface area contributed by atoms with Gasteiger partial charge >= 0.3 is 0 Å². The molecule has 0 aromatic heterocycles. The lowest BCUT2D eigenvalue weighted by molar-refractivity contribution is -0.123. The molecule has 1 aromatic rings. The van der Waals surface area contributed by atoms with Gasteiger partial charge in [-0.05, 0) is 24.1 Å². The molecule has 88 valence electrons. The summed E-state index contributed by atoms with van der Waals surface area (Å²) >= 11 is 11.7. The topological polar surface area (TPSA) is 67.1 Å². The Morgan fingerprint density at radius 1 is 1.50 bits per heavy atom. The monoisotopic (exact) mass is 261 g/mol. The highest BCUT2D eigenvalue weighted by atomic mass is 35.5. The molecule has 0 fully saturated rings. The van der Waals surface area contributed by atoms with Crippen molar-refractivity contribution >= 4 is 29.1 Å². The standard InChI is InChI=1S/C10H13Cl2N3O/c1-14-15-10(16)9(13)4-6-2-3-7(11)5-8(6)12/h2-3,5,9,14H,4,13H2,1H3,(H,15,16). The first kappa shape index (κ1) is 13.3. The second-order valence-corrected chi connectivity index (χ2v) is 4.13. The fourth-order valence-electron chi connectivity index (χ4n) is 1.23. The predicted octanol–water partition coefficient (Wildman–Crippen LogP) is 1.11. The molecule has 4 N–H and O–H groups in total. The predicted molar refractivity (Wildman–Crippen MR) is 65.3 cm³/mol. The molecule has 0 radical (unpaired) electrons. The van der Waals surface area contributed by atoms with Crippen LogP contribution in [0.5, 0.6) is 0 Å². The van der Waals surface area contributed by atoms with E-state index in [2.05, 4.69) is 10.9 Å². The fraction of sp³-hybridized carbons (Fsp3) is 0.300. The zero-order valence-corrected chi connectivity index (χ0v) is 10.3. The van der Waals surface area contributed by atoms with Crippen molar-refractivity contribution in [3.05, 3.63) is 33.8 Å². The average molecular weight is 262 g/mol. The number of hydrogen-bond acceptors (Lipinski definition) is 3. The van der Waals surface area contributed by atoms with Gasteiger partial charge in [0.15, 0.2) is 0 Å². The highest BCUT2D eigenvalue weighted by Crippen LogP contribution is 2.21. The molecule has 4 nitrogen and oxygen atoms in total. The lowest BCUT2D eigenvalue weighted by Crippen LogP contribution is -2.46. The zero-order chi connectivity index (χ0) is 12.1. The Bertz CT molecular complexity index is 384. The van der Waals surface area contributed by atoms with Crippen LogP contribution in [0.25, 0.3) is 0 Å². The van der Waals surface area contributed by atoms with E-state index in [1.54, 1.807) is 25.2 Å². The summed E-state index contributed by atoms with van der Waals surface area (Å²) in [5, 5.41) is 1.07. The minimum Gasteiger partial charge on any atom is -0.320 e. The second-order valence-electron chi connectivity index (χ2n) is 3.29. The van der Waals surface area contributed by atoms with Crippen LogP contribution in [0.3, 0.4) is 0 Å².